The van der Waals surface area contributed by atoms with Crippen LogP contribution < -0.4 is 19.7 Å². The molecule has 192 valence electrons. The summed E-state index contributed by atoms with van der Waals surface area (Å²) in [5.74, 6) is 3.13. The summed E-state index contributed by atoms with van der Waals surface area (Å²) in [6.07, 6.45) is 3.40. The minimum atomic E-state index is 0.362. The van der Waals surface area contributed by atoms with Crippen LogP contribution in [0, 0.1) is 6.92 Å². The van der Waals surface area contributed by atoms with E-state index in [0.717, 1.165) is 81.6 Å². The molecule has 7 rings (SSSR count). The van der Waals surface area contributed by atoms with Crippen molar-refractivity contribution in [1.29, 1.82) is 0 Å². The summed E-state index contributed by atoms with van der Waals surface area (Å²) in [4.78, 5) is 18.4. The molecule has 1 atom stereocenters. The second-order valence-corrected chi connectivity index (χ2v) is 10.1. The average molecular weight is 508 g/mol. The van der Waals surface area contributed by atoms with Crippen LogP contribution in [-0.4, -0.2) is 63.7 Å². The van der Waals surface area contributed by atoms with Crippen molar-refractivity contribution in [3.63, 3.8) is 0 Å². The molecule has 0 radical (unpaired) electrons. The zero-order valence-corrected chi connectivity index (χ0v) is 21.7. The molecular formula is C29H29N7O2. The van der Waals surface area contributed by atoms with E-state index in [1.54, 1.807) is 6.33 Å². The minimum absolute atomic E-state index is 0.362. The van der Waals surface area contributed by atoms with Crippen LogP contribution in [-0.2, 0) is 7.05 Å². The summed E-state index contributed by atoms with van der Waals surface area (Å²) in [5, 5.41) is 4.42. The average Bonchev–Trinajstić information content (AvgIpc) is 3.21. The van der Waals surface area contributed by atoms with Gasteiger partial charge in [0.1, 0.15) is 30.3 Å². The highest BCUT2D eigenvalue weighted by Gasteiger charge is 2.31. The molecule has 5 aromatic rings. The van der Waals surface area contributed by atoms with E-state index < -0.39 is 0 Å². The summed E-state index contributed by atoms with van der Waals surface area (Å²) in [6, 6.07) is 16.5. The van der Waals surface area contributed by atoms with Gasteiger partial charge in [-0.1, -0.05) is 0 Å². The number of hydrogen-bond donors (Lipinski definition) is 1. The molecule has 9 heteroatoms. The zero-order chi connectivity index (χ0) is 25.8. The van der Waals surface area contributed by atoms with Crippen molar-refractivity contribution in [2.75, 3.05) is 43.5 Å². The van der Waals surface area contributed by atoms with Crippen LogP contribution >= 0.6 is 0 Å². The smallest absolute Gasteiger partial charge is 0.155 e. The van der Waals surface area contributed by atoms with Crippen molar-refractivity contribution in [2.24, 2.45) is 7.05 Å². The van der Waals surface area contributed by atoms with Crippen LogP contribution in [0.5, 0.6) is 17.2 Å². The Hall–Kier alpha value is -4.37. The van der Waals surface area contributed by atoms with Gasteiger partial charge in [0.2, 0.25) is 0 Å². The molecule has 4 heterocycles. The summed E-state index contributed by atoms with van der Waals surface area (Å²) >= 11 is 0. The molecule has 0 spiro atoms. The Morgan fingerprint density at radius 1 is 0.974 bits per heavy atom. The number of imidazole rings is 1. The predicted molar refractivity (Wildman–Crippen MR) is 149 cm³/mol. The Bertz CT molecular complexity index is 1680. The normalized spacial score (nSPS) is 17.2. The van der Waals surface area contributed by atoms with Crippen molar-refractivity contribution < 1.29 is 9.47 Å². The van der Waals surface area contributed by atoms with E-state index in [-0.39, 0.29) is 0 Å². The molecule has 2 bridgehead atoms. The van der Waals surface area contributed by atoms with Crippen LogP contribution in [0.2, 0.25) is 0 Å². The summed E-state index contributed by atoms with van der Waals surface area (Å²) in [5.41, 5.74) is 5.86. The Balaban J connectivity index is 1.19. The van der Waals surface area contributed by atoms with Crippen LogP contribution in [0.15, 0.2) is 61.2 Å². The molecule has 2 aromatic heterocycles. The fraction of sp³-hybridized carbons (Fsp3) is 0.276. The van der Waals surface area contributed by atoms with Crippen LogP contribution in [0.4, 0.5) is 17.2 Å². The van der Waals surface area contributed by atoms with Gasteiger partial charge in [-0.25, -0.2) is 15.0 Å². The number of fused-ring (bicyclic) bond motifs is 7. The Kier molecular flexibility index (Phi) is 5.33. The second kappa shape index (κ2) is 8.88. The van der Waals surface area contributed by atoms with Gasteiger partial charge in [-0.05, 0) is 62.0 Å². The molecule has 1 fully saturated rings. The lowest BCUT2D eigenvalue weighted by Crippen LogP contribution is -2.52. The Labute approximate surface area is 220 Å². The van der Waals surface area contributed by atoms with Gasteiger partial charge in [0.25, 0.3) is 0 Å². The molecule has 0 amide bonds. The first-order valence-corrected chi connectivity index (χ1v) is 12.9. The lowest BCUT2D eigenvalue weighted by molar-refractivity contribution is 0.159. The number of benzene rings is 3. The number of aryl methyl sites for hydroxylation is 2. The molecule has 9 nitrogen and oxygen atoms in total. The van der Waals surface area contributed by atoms with Gasteiger partial charge in [-0.3, -0.25) is 4.90 Å². The lowest BCUT2D eigenvalue weighted by Gasteiger charge is -2.37. The zero-order valence-electron chi connectivity index (χ0n) is 21.7. The number of nitrogens with zero attached hydrogens (tertiary/aromatic N) is 6. The predicted octanol–water partition coefficient (Wildman–Crippen LogP) is 4.87. The molecule has 1 N–H and O–H groups in total. The first-order valence-electron chi connectivity index (χ1n) is 12.9. The SMILES string of the molecule is Cc1cc(Nc2ncnc3ccc4c(c23)OC[C@@H]2CN4CCN2C)ccc1Oc1ccc2c(c1)ncn2C. The third kappa shape index (κ3) is 3.86. The maximum atomic E-state index is 6.44. The van der Waals surface area contributed by atoms with E-state index in [0.29, 0.717) is 12.6 Å². The van der Waals surface area contributed by atoms with Crippen LogP contribution in [0.3, 0.4) is 0 Å². The van der Waals surface area contributed by atoms with Crippen molar-refractivity contribution in [2.45, 2.75) is 13.0 Å². The highest BCUT2D eigenvalue weighted by molar-refractivity contribution is 6.00. The quantitative estimate of drug-likeness (QED) is 0.369. The van der Waals surface area contributed by atoms with Crippen molar-refractivity contribution >= 4 is 39.1 Å². The maximum Gasteiger partial charge on any atom is 0.155 e. The van der Waals surface area contributed by atoms with E-state index >= 15 is 0 Å². The van der Waals surface area contributed by atoms with Gasteiger partial charge >= 0.3 is 0 Å². The third-order valence-corrected chi connectivity index (χ3v) is 7.64. The number of nitrogens with one attached hydrogen (secondary N) is 1. The fourth-order valence-electron chi connectivity index (χ4n) is 5.41. The molecule has 0 saturated carbocycles. The highest BCUT2D eigenvalue weighted by atomic mass is 16.5. The van der Waals surface area contributed by atoms with Crippen molar-refractivity contribution in [3.05, 3.63) is 66.7 Å². The van der Waals surface area contributed by atoms with Gasteiger partial charge in [-0.15, -0.1) is 0 Å². The first-order chi connectivity index (χ1) is 18.5. The largest absolute Gasteiger partial charge is 0.489 e. The van der Waals surface area contributed by atoms with E-state index in [1.165, 1.54) is 0 Å². The maximum absolute atomic E-state index is 6.44. The van der Waals surface area contributed by atoms with Gasteiger partial charge in [0.15, 0.2) is 5.75 Å². The molecule has 2 aliphatic heterocycles. The molecule has 38 heavy (non-hydrogen) atoms. The Morgan fingerprint density at radius 2 is 1.89 bits per heavy atom. The van der Waals surface area contributed by atoms with Gasteiger partial charge < -0.3 is 24.3 Å². The molecular weight excluding hydrogens is 478 g/mol. The molecule has 0 aliphatic carbocycles. The number of likely N-dealkylation sites (N-methyl/N-ethyl adjacent to an activating group) is 1. The van der Waals surface area contributed by atoms with E-state index in [1.807, 2.05) is 55.2 Å². The third-order valence-electron chi connectivity index (χ3n) is 7.64. The number of aromatic nitrogens is 4. The van der Waals surface area contributed by atoms with Crippen molar-refractivity contribution in [3.8, 4) is 17.2 Å². The molecule has 0 unspecified atom stereocenters. The number of piperazine rings is 1. The number of anilines is 3. The summed E-state index contributed by atoms with van der Waals surface area (Å²) < 4.78 is 14.6. The van der Waals surface area contributed by atoms with E-state index in [9.17, 15) is 0 Å². The van der Waals surface area contributed by atoms with Crippen LogP contribution in [0.1, 0.15) is 5.56 Å². The topological polar surface area (TPSA) is 80.6 Å². The molecule has 2 aliphatic rings. The highest BCUT2D eigenvalue weighted by Crippen LogP contribution is 2.42. The summed E-state index contributed by atoms with van der Waals surface area (Å²) in [6.45, 7) is 5.63. The number of hydrogen-bond acceptors (Lipinski definition) is 8. The monoisotopic (exact) mass is 507 g/mol. The van der Waals surface area contributed by atoms with Gasteiger partial charge in [0, 0.05) is 38.4 Å². The second-order valence-electron chi connectivity index (χ2n) is 10.1. The van der Waals surface area contributed by atoms with Gasteiger partial charge in [0.05, 0.1) is 40.0 Å². The molecule has 1 saturated heterocycles. The standard InChI is InChI=1S/C29H29N7O2/c1-18-12-19(4-9-26(18)38-21-5-7-24-23(13-21)32-17-35(24)3)33-29-27-22(30-16-31-29)6-8-25-28(27)37-15-20-14-36(25)11-10-34(20)2/h4-9,12-13,16-17,20H,10-11,14-15H2,1-3H3,(H,30,31,33)/t20-/m0/s1. The first kappa shape index (κ1) is 22.8. The van der Waals surface area contributed by atoms with E-state index in [4.69, 9.17) is 9.47 Å². The lowest BCUT2D eigenvalue weighted by atomic mass is 10.1. The number of ether oxygens (including phenoxy) is 2. The van der Waals surface area contributed by atoms with Crippen molar-refractivity contribution in [1.82, 2.24) is 24.4 Å². The van der Waals surface area contributed by atoms with E-state index in [2.05, 4.69) is 55.3 Å². The number of rotatable bonds is 4. The fourth-order valence-corrected chi connectivity index (χ4v) is 5.41. The van der Waals surface area contributed by atoms with Gasteiger partial charge in [-0.2, -0.15) is 0 Å². The van der Waals surface area contributed by atoms with Crippen LogP contribution in [0.25, 0.3) is 21.9 Å². The minimum Gasteiger partial charge on any atom is -0.489 e. The molecule has 3 aromatic carbocycles. The summed E-state index contributed by atoms with van der Waals surface area (Å²) in [7, 11) is 4.15. The Morgan fingerprint density at radius 3 is 2.79 bits per heavy atom.